The number of halogens is 1. The molecule has 31 heavy (non-hydrogen) atoms. The first-order chi connectivity index (χ1) is 15.1. The minimum absolute atomic E-state index is 0.306. The molecule has 0 saturated carbocycles. The highest BCUT2D eigenvalue weighted by molar-refractivity contribution is 6.43. The zero-order valence-electron chi connectivity index (χ0n) is 17.3. The number of aromatic nitrogens is 1. The molecule has 1 fully saturated rings. The molecular formula is C23H24ClN3O4. The Balaban J connectivity index is 1.59. The number of morpholine rings is 1. The van der Waals surface area contributed by atoms with Crippen molar-refractivity contribution in [3.63, 3.8) is 0 Å². The third-order valence-corrected chi connectivity index (χ3v) is 5.68. The maximum absolute atomic E-state index is 13.2. The smallest absolute Gasteiger partial charge is 0.294 e. The van der Waals surface area contributed by atoms with Crippen LogP contribution in [0.1, 0.15) is 10.5 Å². The molecule has 3 aromatic rings. The molecule has 1 amide bonds. The maximum atomic E-state index is 13.2. The predicted molar refractivity (Wildman–Crippen MR) is 119 cm³/mol. The molecule has 1 aliphatic heterocycles. The fraction of sp³-hybridized carbons (Fsp3) is 0.304. The lowest BCUT2D eigenvalue weighted by Crippen LogP contribution is -2.42. The van der Waals surface area contributed by atoms with Gasteiger partial charge in [-0.3, -0.25) is 14.5 Å². The predicted octanol–water partition coefficient (Wildman–Crippen LogP) is 2.90. The van der Waals surface area contributed by atoms with Crippen LogP contribution in [0.5, 0.6) is 5.75 Å². The second-order valence-corrected chi connectivity index (χ2v) is 7.70. The number of ketones is 1. The number of carbonyl (C=O) groups is 2. The van der Waals surface area contributed by atoms with E-state index in [1.807, 2.05) is 30.3 Å². The van der Waals surface area contributed by atoms with Gasteiger partial charge in [0.05, 0.1) is 25.3 Å². The fourth-order valence-electron chi connectivity index (χ4n) is 3.75. The van der Waals surface area contributed by atoms with Crippen LogP contribution >= 0.6 is 11.6 Å². The Hall–Kier alpha value is -2.87. The molecule has 0 bridgehead atoms. The van der Waals surface area contributed by atoms with E-state index in [-0.39, 0.29) is 0 Å². The third kappa shape index (κ3) is 4.58. The standard InChI is InChI=1S/C23H24ClN3O4/c1-30-20-6-5-16(14-19(20)24)18-15-17-4-2-3-8-27(17)21(18)22(28)23(29)25-7-9-26-10-12-31-13-11-26/h2-6,8,14-15H,7,9-13H2,1H3,(H,25,29). The Morgan fingerprint density at radius 2 is 1.97 bits per heavy atom. The molecule has 0 spiro atoms. The minimum Gasteiger partial charge on any atom is -0.495 e. The number of hydrogen-bond acceptors (Lipinski definition) is 5. The van der Waals surface area contributed by atoms with Crippen LogP contribution in [0.2, 0.25) is 5.02 Å². The summed E-state index contributed by atoms with van der Waals surface area (Å²) in [5, 5.41) is 3.19. The van der Waals surface area contributed by atoms with Crippen LogP contribution in [0.4, 0.5) is 0 Å². The van der Waals surface area contributed by atoms with Crippen LogP contribution in [0.25, 0.3) is 16.6 Å². The average Bonchev–Trinajstić information content (AvgIpc) is 3.18. The van der Waals surface area contributed by atoms with Gasteiger partial charge >= 0.3 is 0 Å². The van der Waals surface area contributed by atoms with Crippen LogP contribution < -0.4 is 10.1 Å². The highest BCUT2D eigenvalue weighted by Crippen LogP contribution is 2.33. The SMILES string of the molecule is COc1ccc(-c2cc3ccccn3c2C(=O)C(=O)NCCN2CCOCC2)cc1Cl. The van der Waals surface area contributed by atoms with Gasteiger partial charge in [-0.15, -0.1) is 0 Å². The van der Waals surface area contributed by atoms with Gasteiger partial charge < -0.3 is 19.2 Å². The molecule has 7 nitrogen and oxygen atoms in total. The molecule has 0 radical (unpaired) electrons. The van der Waals surface area contributed by atoms with Crippen molar-refractivity contribution in [2.24, 2.45) is 0 Å². The highest BCUT2D eigenvalue weighted by atomic mass is 35.5. The van der Waals surface area contributed by atoms with Gasteiger partial charge in [-0.05, 0) is 35.9 Å². The molecule has 162 valence electrons. The Morgan fingerprint density at radius 1 is 1.16 bits per heavy atom. The number of ether oxygens (including phenoxy) is 2. The molecule has 0 atom stereocenters. The molecule has 0 aliphatic carbocycles. The molecule has 8 heteroatoms. The van der Waals surface area contributed by atoms with Crippen molar-refractivity contribution in [1.29, 1.82) is 0 Å². The second kappa shape index (κ2) is 9.51. The van der Waals surface area contributed by atoms with Crippen LogP contribution in [0.15, 0.2) is 48.7 Å². The Bertz CT molecular complexity index is 1110. The summed E-state index contributed by atoms with van der Waals surface area (Å²) in [5.41, 5.74) is 2.50. The number of nitrogens with one attached hydrogen (secondary N) is 1. The van der Waals surface area contributed by atoms with Crippen molar-refractivity contribution in [1.82, 2.24) is 14.6 Å². The van der Waals surface area contributed by atoms with Crippen molar-refractivity contribution in [2.75, 3.05) is 46.5 Å². The van der Waals surface area contributed by atoms with Crippen molar-refractivity contribution in [3.05, 3.63) is 59.4 Å². The van der Waals surface area contributed by atoms with Crippen LogP contribution in [0, 0.1) is 0 Å². The minimum atomic E-state index is -0.627. The second-order valence-electron chi connectivity index (χ2n) is 7.29. The summed E-state index contributed by atoms with van der Waals surface area (Å²) in [6, 6.07) is 12.8. The topological polar surface area (TPSA) is 72.3 Å². The van der Waals surface area contributed by atoms with Crippen molar-refractivity contribution in [2.45, 2.75) is 0 Å². The number of benzene rings is 1. The van der Waals surface area contributed by atoms with Crippen molar-refractivity contribution >= 4 is 28.8 Å². The van der Waals surface area contributed by atoms with Gasteiger partial charge in [0.2, 0.25) is 0 Å². The number of pyridine rings is 1. The van der Waals surface area contributed by atoms with E-state index in [0.717, 1.165) is 24.2 Å². The number of rotatable bonds is 7. The normalized spacial score (nSPS) is 14.5. The van der Waals surface area contributed by atoms with E-state index < -0.39 is 11.7 Å². The number of methoxy groups -OCH3 is 1. The summed E-state index contributed by atoms with van der Waals surface area (Å²) in [6.07, 6.45) is 1.78. The number of hydrogen-bond donors (Lipinski definition) is 1. The van der Waals surface area contributed by atoms with Crippen molar-refractivity contribution < 1.29 is 19.1 Å². The summed E-state index contributed by atoms with van der Waals surface area (Å²) in [7, 11) is 1.55. The zero-order chi connectivity index (χ0) is 21.8. The first-order valence-corrected chi connectivity index (χ1v) is 10.5. The summed E-state index contributed by atoms with van der Waals surface area (Å²) < 4.78 is 12.3. The molecule has 1 aromatic carbocycles. The first-order valence-electron chi connectivity index (χ1n) is 10.1. The fourth-order valence-corrected chi connectivity index (χ4v) is 4.01. The lowest BCUT2D eigenvalue weighted by Gasteiger charge is -2.26. The number of amides is 1. The molecule has 4 rings (SSSR count). The van der Waals surface area contributed by atoms with E-state index in [1.54, 1.807) is 29.8 Å². The number of carbonyl (C=O) groups excluding carboxylic acids is 2. The van der Waals surface area contributed by atoms with E-state index in [2.05, 4.69) is 10.2 Å². The van der Waals surface area contributed by atoms with E-state index in [1.165, 1.54) is 0 Å². The number of fused-ring (bicyclic) bond motifs is 1. The Labute approximate surface area is 185 Å². The van der Waals surface area contributed by atoms with E-state index in [4.69, 9.17) is 21.1 Å². The zero-order valence-corrected chi connectivity index (χ0v) is 18.0. The molecule has 1 saturated heterocycles. The van der Waals surface area contributed by atoms with Crippen molar-refractivity contribution in [3.8, 4) is 16.9 Å². The number of Topliss-reactive ketones (excluding diaryl/α,β-unsaturated/α-hetero) is 1. The third-order valence-electron chi connectivity index (χ3n) is 5.38. The Morgan fingerprint density at radius 3 is 2.71 bits per heavy atom. The van der Waals surface area contributed by atoms with E-state index in [9.17, 15) is 9.59 Å². The molecular weight excluding hydrogens is 418 g/mol. The molecule has 1 N–H and O–H groups in total. The van der Waals surface area contributed by atoms with Gasteiger partial charge in [-0.2, -0.15) is 0 Å². The van der Waals surface area contributed by atoms with Gasteiger partial charge in [-0.1, -0.05) is 23.7 Å². The summed E-state index contributed by atoms with van der Waals surface area (Å²) >= 11 is 6.31. The summed E-state index contributed by atoms with van der Waals surface area (Å²) in [5.74, 6) is -0.670. The average molecular weight is 442 g/mol. The van der Waals surface area contributed by atoms with Gasteiger partial charge in [0.15, 0.2) is 0 Å². The monoisotopic (exact) mass is 441 g/mol. The van der Waals surface area contributed by atoms with Gasteiger partial charge in [0.25, 0.3) is 11.7 Å². The summed E-state index contributed by atoms with van der Waals surface area (Å²) in [6.45, 7) is 4.12. The molecule has 1 aliphatic rings. The quantitative estimate of drug-likeness (QED) is 0.451. The van der Waals surface area contributed by atoms with Crippen LogP contribution in [-0.4, -0.2) is 67.5 Å². The lowest BCUT2D eigenvalue weighted by atomic mass is 10.0. The van der Waals surface area contributed by atoms with E-state index in [0.29, 0.717) is 48.3 Å². The summed E-state index contributed by atoms with van der Waals surface area (Å²) in [4.78, 5) is 28.1. The largest absolute Gasteiger partial charge is 0.495 e. The lowest BCUT2D eigenvalue weighted by molar-refractivity contribution is -0.117. The Kier molecular flexibility index (Phi) is 6.56. The van der Waals surface area contributed by atoms with Gasteiger partial charge in [0.1, 0.15) is 11.4 Å². The van der Waals surface area contributed by atoms with E-state index >= 15 is 0 Å². The molecule has 0 unspecified atom stereocenters. The molecule has 2 aromatic heterocycles. The van der Waals surface area contributed by atoms with Crippen LogP contribution in [0.3, 0.4) is 0 Å². The van der Waals surface area contributed by atoms with Gasteiger partial charge in [-0.25, -0.2) is 0 Å². The highest BCUT2D eigenvalue weighted by Gasteiger charge is 2.25. The van der Waals surface area contributed by atoms with Gasteiger partial charge in [0, 0.05) is 43.5 Å². The number of nitrogens with zero attached hydrogens (tertiary/aromatic N) is 2. The first kappa shape index (κ1) is 21.4. The maximum Gasteiger partial charge on any atom is 0.294 e. The van der Waals surface area contributed by atoms with Crippen LogP contribution in [-0.2, 0) is 9.53 Å². The molecule has 3 heterocycles.